The molecule has 7 fully saturated rings. The predicted octanol–water partition coefficient (Wildman–Crippen LogP) is 2.14. The van der Waals surface area contributed by atoms with E-state index in [-0.39, 0.29) is 0 Å². The van der Waals surface area contributed by atoms with Crippen molar-refractivity contribution in [3.8, 4) is 0 Å². The molecule has 82 valence electrons. The summed E-state index contributed by atoms with van der Waals surface area (Å²) in [6, 6.07) is 0. The molecule has 1 nitrogen and oxygen atoms in total. The van der Waals surface area contributed by atoms with Crippen LogP contribution in [0.5, 0.6) is 0 Å². The van der Waals surface area contributed by atoms with Crippen LogP contribution in [0.15, 0.2) is 12.2 Å². The molecule has 0 aliphatic heterocycles. The molecule has 0 saturated heterocycles. The van der Waals surface area contributed by atoms with E-state index in [2.05, 4.69) is 12.2 Å². The lowest BCUT2D eigenvalue weighted by atomic mass is 9.37. The topological polar surface area (TPSA) is 17.1 Å². The van der Waals surface area contributed by atoms with E-state index in [4.69, 9.17) is 0 Å². The van der Waals surface area contributed by atoms with Crippen molar-refractivity contribution in [2.24, 2.45) is 59.2 Å². The van der Waals surface area contributed by atoms with Crippen molar-refractivity contribution in [1.82, 2.24) is 0 Å². The molecular formula is C15H16O. The van der Waals surface area contributed by atoms with Crippen LogP contribution < -0.4 is 0 Å². The first-order valence-electron chi connectivity index (χ1n) is 7.08. The molecule has 0 aromatic rings. The SMILES string of the molecule is O=C1C2C3CC4C5C=CC6C4CC3C1C6C52. The number of ketones is 1. The zero-order valence-corrected chi connectivity index (χ0v) is 9.25. The zero-order valence-electron chi connectivity index (χ0n) is 9.25. The largest absolute Gasteiger partial charge is 0.299 e. The van der Waals surface area contributed by atoms with E-state index in [0.29, 0.717) is 17.6 Å². The van der Waals surface area contributed by atoms with Gasteiger partial charge in [-0.3, -0.25) is 4.79 Å². The second kappa shape index (κ2) is 1.95. The fourth-order valence-electron chi connectivity index (χ4n) is 7.47. The van der Waals surface area contributed by atoms with Gasteiger partial charge in [-0.15, -0.1) is 0 Å². The predicted molar refractivity (Wildman–Crippen MR) is 58.3 cm³/mol. The average Bonchev–Trinajstić information content (AvgIpc) is 2.81. The minimum Gasteiger partial charge on any atom is -0.299 e. The molecule has 10 bridgehead atoms. The highest BCUT2D eigenvalue weighted by Crippen LogP contribution is 2.77. The lowest BCUT2D eigenvalue weighted by Crippen LogP contribution is -2.62. The average molecular weight is 212 g/mol. The second-order valence-corrected chi connectivity index (χ2v) is 7.28. The molecule has 9 aliphatic carbocycles. The van der Waals surface area contributed by atoms with E-state index in [1.165, 1.54) is 12.8 Å². The van der Waals surface area contributed by atoms with Crippen LogP contribution in [0.4, 0.5) is 0 Å². The highest BCUT2D eigenvalue weighted by atomic mass is 16.1. The Hall–Kier alpha value is -0.590. The molecule has 16 heavy (non-hydrogen) atoms. The molecule has 0 heterocycles. The molecule has 0 radical (unpaired) electrons. The van der Waals surface area contributed by atoms with Crippen molar-refractivity contribution in [2.45, 2.75) is 12.8 Å². The van der Waals surface area contributed by atoms with Crippen LogP contribution in [0.1, 0.15) is 12.8 Å². The Morgan fingerprint density at radius 2 is 1.31 bits per heavy atom. The Morgan fingerprint density at radius 3 is 1.81 bits per heavy atom. The number of carbonyl (C=O) groups excluding carboxylic acids is 1. The third-order valence-electron chi connectivity index (χ3n) is 7.48. The first kappa shape index (κ1) is 7.68. The molecule has 10 atom stereocenters. The monoisotopic (exact) mass is 212 g/mol. The summed E-state index contributed by atoms with van der Waals surface area (Å²) in [5.41, 5.74) is 0. The van der Waals surface area contributed by atoms with Crippen molar-refractivity contribution in [3.05, 3.63) is 12.2 Å². The number of rotatable bonds is 0. The number of Topliss-reactive ketones (excluding diaryl/α,β-unsaturated/α-hetero) is 1. The van der Waals surface area contributed by atoms with E-state index in [9.17, 15) is 4.79 Å². The van der Waals surface area contributed by atoms with Gasteiger partial charge >= 0.3 is 0 Å². The first-order chi connectivity index (χ1) is 7.86. The maximum Gasteiger partial charge on any atom is 0.140 e. The van der Waals surface area contributed by atoms with Gasteiger partial charge in [0, 0.05) is 11.8 Å². The Kier molecular flexibility index (Phi) is 0.938. The van der Waals surface area contributed by atoms with Gasteiger partial charge < -0.3 is 0 Å². The molecule has 10 unspecified atom stereocenters. The summed E-state index contributed by atoms with van der Waals surface area (Å²) in [7, 11) is 0. The number of carbonyl (C=O) groups is 1. The first-order valence-corrected chi connectivity index (χ1v) is 7.08. The van der Waals surface area contributed by atoms with E-state index in [1.807, 2.05) is 0 Å². The van der Waals surface area contributed by atoms with Gasteiger partial charge in [-0.2, -0.15) is 0 Å². The smallest absolute Gasteiger partial charge is 0.140 e. The van der Waals surface area contributed by atoms with Crippen LogP contribution >= 0.6 is 0 Å². The Morgan fingerprint density at radius 1 is 0.812 bits per heavy atom. The molecule has 9 rings (SSSR count). The van der Waals surface area contributed by atoms with Crippen molar-refractivity contribution in [2.75, 3.05) is 0 Å². The Bertz CT molecular complexity index is 420. The minimum absolute atomic E-state index is 0.523. The normalized spacial score (nSPS) is 74.9. The molecule has 0 spiro atoms. The number of hydrogen-bond donors (Lipinski definition) is 0. The maximum absolute atomic E-state index is 12.5. The summed E-state index contributed by atoms with van der Waals surface area (Å²) in [5.74, 6) is 8.65. The van der Waals surface area contributed by atoms with Gasteiger partial charge in [0.1, 0.15) is 5.78 Å². The molecule has 0 aromatic carbocycles. The van der Waals surface area contributed by atoms with E-state index in [0.717, 1.165) is 47.3 Å². The standard InChI is InChI=1S/C15H16O/c16-15-13-9-3-7-5-1-2-6-8(7)4-10(9)14(15)12(6)11(5)13/h1-2,5-14H,3-4H2. The summed E-state index contributed by atoms with van der Waals surface area (Å²) < 4.78 is 0. The highest BCUT2D eigenvalue weighted by Gasteiger charge is 2.76. The summed E-state index contributed by atoms with van der Waals surface area (Å²) in [4.78, 5) is 12.5. The third kappa shape index (κ3) is 0.498. The van der Waals surface area contributed by atoms with Crippen molar-refractivity contribution < 1.29 is 4.79 Å². The van der Waals surface area contributed by atoms with Crippen LogP contribution in [0.2, 0.25) is 0 Å². The molecule has 1 heteroatoms. The summed E-state index contributed by atoms with van der Waals surface area (Å²) in [6.07, 6.45) is 7.85. The summed E-state index contributed by atoms with van der Waals surface area (Å²) in [5, 5.41) is 0. The van der Waals surface area contributed by atoms with Crippen LogP contribution in [-0.2, 0) is 4.79 Å². The van der Waals surface area contributed by atoms with Gasteiger partial charge in [-0.1, -0.05) is 12.2 Å². The van der Waals surface area contributed by atoms with Crippen LogP contribution in [0, 0.1) is 59.2 Å². The van der Waals surface area contributed by atoms with Gasteiger partial charge in [0.25, 0.3) is 0 Å². The highest BCUT2D eigenvalue weighted by molar-refractivity contribution is 5.90. The fourth-order valence-corrected chi connectivity index (χ4v) is 7.47. The minimum atomic E-state index is 0.523. The van der Waals surface area contributed by atoms with Crippen molar-refractivity contribution in [1.29, 1.82) is 0 Å². The van der Waals surface area contributed by atoms with Crippen LogP contribution in [-0.4, -0.2) is 5.78 Å². The van der Waals surface area contributed by atoms with E-state index in [1.54, 1.807) is 0 Å². The summed E-state index contributed by atoms with van der Waals surface area (Å²) in [6.45, 7) is 0. The van der Waals surface area contributed by atoms with E-state index < -0.39 is 0 Å². The molecule has 9 aliphatic rings. The summed E-state index contributed by atoms with van der Waals surface area (Å²) >= 11 is 0. The van der Waals surface area contributed by atoms with Gasteiger partial charge in [-0.05, 0) is 60.2 Å². The number of allylic oxidation sites excluding steroid dienone is 2. The molecule has 0 aromatic heterocycles. The van der Waals surface area contributed by atoms with Gasteiger partial charge in [-0.25, -0.2) is 0 Å². The maximum atomic E-state index is 12.5. The molecule has 0 N–H and O–H groups in total. The van der Waals surface area contributed by atoms with E-state index >= 15 is 0 Å². The lowest BCUT2D eigenvalue weighted by Gasteiger charge is -2.67. The van der Waals surface area contributed by atoms with Crippen molar-refractivity contribution in [3.63, 3.8) is 0 Å². The Labute approximate surface area is 95.3 Å². The number of hydrogen-bond acceptors (Lipinski definition) is 1. The Balaban J connectivity index is 1.73. The van der Waals surface area contributed by atoms with Gasteiger partial charge in [0.2, 0.25) is 0 Å². The van der Waals surface area contributed by atoms with Gasteiger partial charge in [0.15, 0.2) is 0 Å². The quantitative estimate of drug-likeness (QED) is 0.562. The lowest BCUT2D eigenvalue weighted by molar-refractivity contribution is -0.168. The molecular weight excluding hydrogens is 196 g/mol. The van der Waals surface area contributed by atoms with Crippen LogP contribution in [0.25, 0.3) is 0 Å². The third-order valence-corrected chi connectivity index (χ3v) is 7.48. The van der Waals surface area contributed by atoms with Crippen LogP contribution in [0.3, 0.4) is 0 Å². The van der Waals surface area contributed by atoms with Crippen molar-refractivity contribution >= 4 is 5.78 Å². The zero-order chi connectivity index (χ0) is 10.2. The fraction of sp³-hybridized carbons (Fsp3) is 0.800. The van der Waals surface area contributed by atoms with Gasteiger partial charge in [0.05, 0.1) is 0 Å². The molecule has 7 saturated carbocycles. The second-order valence-electron chi connectivity index (χ2n) is 7.28. The molecule has 0 amide bonds.